The van der Waals surface area contributed by atoms with E-state index in [9.17, 15) is 4.79 Å². The van der Waals surface area contributed by atoms with Crippen molar-refractivity contribution in [3.05, 3.63) is 5.51 Å². The summed E-state index contributed by atoms with van der Waals surface area (Å²) in [6, 6.07) is 0. The van der Waals surface area contributed by atoms with Crippen molar-refractivity contribution in [3.63, 3.8) is 0 Å². The lowest BCUT2D eigenvalue weighted by Crippen LogP contribution is -2.49. The van der Waals surface area contributed by atoms with Gasteiger partial charge in [0.25, 0.3) is 0 Å². The molecule has 1 aromatic heterocycles. The van der Waals surface area contributed by atoms with Crippen LogP contribution in [0.5, 0.6) is 0 Å². The van der Waals surface area contributed by atoms with Gasteiger partial charge in [-0.15, -0.1) is 10.2 Å². The fraction of sp³-hybridized carbons (Fsp3) is 0.625. The first-order valence-electron chi connectivity index (χ1n) is 4.39. The molecule has 0 aromatic carbocycles. The Morgan fingerprint density at radius 3 is 2.86 bits per heavy atom. The normalized spacial score (nSPS) is 11.4. The van der Waals surface area contributed by atoms with E-state index in [1.807, 2.05) is 20.8 Å². The monoisotopic (exact) mass is 214 g/mol. The molecular weight excluding hydrogens is 200 g/mol. The number of amides is 1. The van der Waals surface area contributed by atoms with Crippen molar-refractivity contribution in [1.29, 1.82) is 0 Å². The van der Waals surface area contributed by atoms with Gasteiger partial charge >= 0.3 is 0 Å². The third kappa shape index (κ3) is 2.74. The summed E-state index contributed by atoms with van der Waals surface area (Å²) in [6.45, 7) is 6.36. The average molecular weight is 214 g/mol. The third-order valence-electron chi connectivity index (χ3n) is 1.77. The van der Waals surface area contributed by atoms with E-state index in [-0.39, 0.29) is 5.91 Å². The molecule has 0 radical (unpaired) electrons. The Kier molecular flexibility index (Phi) is 3.54. The van der Waals surface area contributed by atoms with Crippen LogP contribution in [0.4, 0.5) is 5.13 Å². The number of hydrogen-bond donors (Lipinski definition) is 2. The lowest BCUT2D eigenvalue weighted by Gasteiger charge is -2.23. The standard InChI is InChI=1S/C8H14N4OS/c1-4-9-8(2,3)6(13)11-7-12-10-5-14-7/h5,9H,4H2,1-3H3,(H,11,12,13). The largest absolute Gasteiger partial charge is 0.304 e. The topological polar surface area (TPSA) is 66.9 Å². The Morgan fingerprint density at radius 2 is 2.36 bits per heavy atom. The predicted molar refractivity (Wildman–Crippen MR) is 56.3 cm³/mol. The highest BCUT2D eigenvalue weighted by Gasteiger charge is 2.26. The summed E-state index contributed by atoms with van der Waals surface area (Å²) in [6.07, 6.45) is 0. The molecule has 0 bridgehead atoms. The van der Waals surface area contributed by atoms with Gasteiger partial charge in [0.2, 0.25) is 11.0 Å². The molecule has 0 aliphatic heterocycles. The zero-order valence-corrected chi connectivity index (χ0v) is 9.31. The molecule has 14 heavy (non-hydrogen) atoms. The molecule has 1 amide bonds. The van der Waals surface area contributed by atoms with Gasteiger partial charge in [0.05, 0.1) is 5.54 Å². The second-order valence-electron chi connectivity index (χ2n) is 3.35. The molecule has 0 fully saturated rings. The minimum atomic E-state index is -0.583. The van der Waals surface area contributed by atoms with Crippen molar-refractivity contribution in [1.82, 2.24) is 15.5 Å². The van der Waals surface area contributed by atoms with Gasteiger partial charge in [-0.3, -0.25) is 10.1 Å². The van der Waals surface area contributed by atoms with Gasteiger partial charge in [-0.1, -0.05) is 18.3 Å². The quantitative estimate of drug-likeness (QED) is 0.780. The molecule has 2 N–H and O–H groups in total. The van der Waals surface area contributed by atoms with Crippen molar-refractivity contribution < 1.29 is 4.79 Å². The summed E-state index contributed by atoms with van der Waals surface area (Å²) in [4.78, 5) is 11.7. The number of anilines is 1. The van der Waals surface area contributed by atoms with Gasteiger partial charge in [0.1, 0.15) is 5.51 Å². The molecule has 0 unspecified atom stereocenters. The van der Waals surface area contributed by atoms with Crippen LogP contribution >= 0.6 is 11.3 Å². The zero-order valence-electron chi connectivity index (χ0n) is 8.50. The maximum atomic E-state index is 11.7. The van der Waals surface area contributed by atoms with Crippen LogP contribution in [-0.4, -0.2) is 28.2 Å². The van der Waals surface area contributed by atoms with Gasteiger partial charge in [0.15, 0.2) is 0 Å². The van der Waals surface area contributed by atoms with Crippen LogP contribution < -0.4 is 10.6 Å². The molecule has 0 aliphatic carbocycles. The van der Waals surface area contributed by atoms with Gasteiger partial charge in [-0.2, -0.15) is 0 Å². The molecule has 1 rings (SSSR count). The Bertz CT molecular complexity index is 296. The molecule has 78 valence electrons. The Labute approximate surface area is 86.9 Å². The van der Waals surface area contributed by atoms with Crippen molar-refractivity contribution in [2.24, 2.45) is 0 Å². The Hall–Kier alpha value is -1.01. The second-order valence-corrected chi connectivity index (χ2v) is 4.19. The van der Waals surface area contributed by atoms with Gasteiger partial charge in [0, 0.05) is 0 Å². The van der Waals surface area contributed by atoms with Crippen LogP contribution in [0, 0.1) is 0 Å². The molecule has 0 saturated heterocycles. The number of nitrogens with zero attached hydrogens (tertiary/aromatic N) is 2. The molecule has 0 atom stereocenters. The highest BCUT2D eigenvalue weighted by atomic mass is 32.1. The van der Waals surface area contributed by atoms with E-state index in [0.717, 1.165) is 6.54 Å². The first-order valence-corrected chi connectivity index (χ1v) is 5.27. The number of rotatable bonds is 4. The van der Waals surface area contributed by atoms with Gasteiger partial charge in [-0.25, -0.2) is 0 Å². The summed E-state index contributed by atoms with van der Waals surface area (Å²) in [5.74, 6) is -0.101. The molecule has 0 saturated carbocycles. The molecule has 5 nitrogen and oxygen atoms in total. The van der Waals surface area contributed by atoms with E-state index in [4.69, 9.17) is 0 Å². The molecule has 1 aromatic rings. The molecule has 1 heterocycles. The fourth-order valence-corrected chi connectivity index (χ4v) is 1.44. The SMILES string of the molecule is CCNC(C)(C)C(=O)Nc1nncs1. The summed E-state index contributed by atoms with van der Waals surface area (Å²) < 4.78 is 0. The van der Waals surface area contributed by atoms with Crippen molar-refractivity contribution in [2.45, 2.75) is 26.3 Å². The van der Waals surface area contributed by atoms with E-state index in [1.165, 1.54) is 11.3 Å². The van der Waals surface area contributed by atoms with Crippen LogP contribution in [-0.2, 0) is 4.79 Å². The van der Waals surface area contributed by atoms with Crippen LogP contribution in [0.1, 0.15) is 20.8 Å². The average Bonchev–Trinajstić information content (AvgIpc) is 2.56. The summed E-state index contributed by atoms with van der Waals surface area (Å²) in [5.41, 5.74) is 0.996. The Balaban J connectivity index is 2.57. The van der Waals surface area contributed by atoms with E-state index < -0.39 is 5.54 Å². The summed E-state index contributed by atoms with van der Waals surface area (Å²) in [7, 11) is 0. The van der Waals surface area contributed by atoms with Gasteiger partial charge in [-0.05, 0) is 20.4 Å². The highest BCUT2D eigenvalue weighted by molar-refractivity contribution is 7.13. The smallest absolute Gasteiger partial charge is 0.245 e. The minimum Gasteiger partial charge on any atom is -0.304 e. The number of aromatic nitrogens is 2. The maximum Gasteiger partial charge on any atom is 0.245 e. The molecular formula is C8H14N4OS. The zero-order chi connectivity index (χ0) is 10.6. The maximum absolute atomic E-state index is 11.7. The van der Waals surface area contributed by atoms with E-state index in [2.05, 4.69) is 20.8 Å². The van der Waals surface area contributed by atoms with Crippen molar-refractivity contribution in [3.8, 4) is 0 Å². The van der Waals surface area contributed by atoms with Crippen LogP contribution in [0.3, 0.4) is 0 Å². The minimum absolute atomic E-state index is 0.101. The number of nitrogens with one attached hydrogen (secondary N) is 2. The third-order valence-corrected chi connectivity index (χ3v) is 2.37. The van der Waals surface area contributed by atoms with Crippen molar-refractivity contribution >= 4 is 22.4 Å². The first-order chi connectivity index (χ1) is 6.56. The first kappa shape index (κ1) is 11.1. The number of carbonyl (C=O) groups excluding carboxylic acids is 1. The van der Waals surface area contributed by atoms with Gasteiger partial charge < -0.3 is 5.32 Å². The number of likely N-dealkylation sites (N-methyl/N-ethyl adjacent to an activating group) is 1. The van der Waals surface area contributed by atoms with E-state index in [0.29, 0.717) is 5.13 Å². The van der Waals surface area contributed by atoms with Crippen LogP contribution in [0.25, 0.3) is 0 Å². The molecule has 0 spiro atoms. The van der Waals surface area contributed by atoms with Crippen molar-refractivity contribution in [2.75, 3.05) is 11.9 Å². The fourth-order valence-electron chi connectivity index (χ4n) is 1.00. The molecule has 6 heteroatoms. The van der Waals surface area contributed by atoms with E-state index >= 15 is 0 Å². The number of carbonyl (C=O) groups is 1. The summed E-state index contributed by atoms with van der Waals surface area (Å²) >= 11 is 1.30. The predicted octanol–water partition coefficient (Wildman–Crippen LogP) is 0.865. The van der Waals surface area contributed by atoms with Crippen LogP contribution in [0.15, 0.2) is 5.51 Å². The molecule has 0 aliphatic rings. The lowest BCUT2D eigenvalue weighted by atomic mass is 10.1. The number of hydrogen-bond acceptors (Lipinski definition) is 5. The van der Waals surface area contributed by atoms with Crippen LogP contribution in [0.2, 0.25) is 0 Å². The Morgan fingerprint density at radius 1 is 1.64 bits per heavy atom. The van der Waals surface area contributed by atoms with E-state index in [1.54, 1.807) is 5.51 Å². The lowest BCUT2D eigenvalue weighted by molar-refractivity contribution is -0.121. The summed E-state index contributed by atoms with van der Waals surface area (Å²) in [5, 5.41) is 13.7. The second kappa shape index (κ2) is 4.47. The highest BCUT2D eigenvalue weighted by Crippen LogP contribution is 2.11.